The Kier molecular flexibility index (Phi) is 17.2. The van der Waals surface area contributed by atoms with Crippen molar-refractivity contribution in [2.75, 3.05) is 51.0 Å². The molecule has 57 heavy (non-hydrogen) atoms. The predicted octanol–water partition coefficient (Wildman–Crippen LogP) is 10.3. The molecule has 4 aromatic rings. The number of nitrogens with zero attached hydrogens (tertiary/aromatic N) is 2. The number of rotatable bonds is 10. The van der Waals surface area contributed by atoms with Gasteiger partial charge in [0.1, 0.15) is 11.5 Å². The number of likely N-dealkylation sites (N-methyl/N-ethyl adjacent to an activating group) is 1. The van der Waals surface area contributed by atoms with Gasteiger partial charge in [0.2, 0.25) is 0 Å². The number of nitrogens with one attached hydrogen (secondary N) is 2. The van der Waals surface area contributed by atoms with Crippen LogP contribution >= 0.6 is 40.7 Å². The summed E-state index contributed by atoms with van der Waals surface area (Å²) in [6, 6.07) is 19.5. The minimum atomic E-state index is -5.82. The molecule has 0 aliphatic carbocycles. The first-order chi connectivity index (χ1) is 26.1. The average molecular weight is 905 g/mol. The molecule has 310 valence electrons. The fourth-order valence-electron chi connectivity index (χ4n) is 6.54. The minimum Gasteiger partial charge on any atom is -0.496 e. The van der Waals surface area contributed by atoms with E-state index in [9.17, 15) is 31.5 Å². The van der Waals surface area contributed by atoms with Gasteiger partial charge >= 0.3 is 12.1 Å². The number of amides is 2. The number of ether oxygens (including phenoxy) is 2. The van der Waals surface area contributed by atoms with Crippen LogP contribution in [0, 0.1) is 0 Å². The quantitative estimate of drug-likeness (QED) is 0.154. The summed E-state index contributed by atoms with van der Waals surface area (Å²) in [5.41, 5.74) is 5.02. The number of anilines is 2. The molecule has 2 aliphatic rings. The van der Waals surface area contributed by atoms with E-state index in [1.807, 2.05) is 32.2 Å². The van der Waals surface area contributed by atoms with E-state index in [0.717, 1.165) is 85.3 Å². The molecule has 0 unspecified atom stereocenters. The SMILES string of the molecule is CCCN1CCc2ccc(NC(=O)c3ccc(OCC)c(Br)c3)cc2C1.COc1ccc(C(=O)Nc2ccc3c(c2)CN(C)CC3)cc1C(F)(F)C(F)(F)F.Cl.Cl. The van der Waals surface area contributed by atoms with Crippen LogP contribution in [0.15, 0.2) is 77.3 Å². The lowest BCUT2D eigenvalue weighted by atomic mass is 9.99. The molecule has 0 radical (unpaired) electrons. The highest BCUT2D eigenvalue weighted by molar-refractivity contribution is 9.10. The highest BCUT2D eigenvalue weighted by atomic mass is 79.9. The third kappa shape index (κ3) is 11.8. The zero-order valence-corrected chi connectivity index (χ0v) is 35.1. The molecule has 0 saturated carbocycles. The maximum absolute atomic E-state index is 13.9. The van der Waals surface area contributed by atoms with Crippen LogP contribution in [0.3, 0.4) is 0 Å². The molecule has 0 bridgehead atoms. The Balaban J connectivity index is 0.000000297. The molecule has 2 amide bonds. The van der Waals surface area contributed by atoms with Crippen molar-refractivity contribution in [3.63, 3.8) is 0 Å². The summed E-state index contributed by atoms with van der Waals surface area (Å²) in [7, 11) is 2.95. The zero-order valence-electron chi connectivity index (χ0n) is 31.9. The van der Waals surface area contributed by atoms with E-state index < -0.39 is 29.3 Å². The number of carbonyl (C=O) groups excluding carboxylic acids is 2. The van der Waals surface area contributed by atoms with Crippen LogP contribution in [0.25, 0.3) is 0 Å². The van der Waals surface area contributed by atoms with Crippen LogP contribution in [0.4, 0.5) is 33.3 Å². The molecule has 16 heteroatoms. The Bertz CT molecular complexity index is 2020. The number of hydrogen-bond donors (Lipinski definition) is 2. The first kappa shape index (κ1) is 47.4. The largest absolute Gasteiger partial charge is 0.496 e. The number of carbonyl (C=O) groups is 2. The molecule has 0 fully saturated rings. The zero-order chi connectivity index (χ0) is 39.9. The number of halogens is 8. The summed E-state index contributed by atoms with van der Waals surface area (Å²) in [5, 5.41) is 5.57. The van der Waals surface area contributed by atoms with Crippen molar-refractivity contribution in [1.82, 2.24) is 9.80 Å². The predicted molar refractivity (Wildman–Crippen MR) is 221 cm³/mol. The smallest absolute Gasteiger partial charge is 0.458 e. The molecule has 2 aliphatic heterocycles. The molecular weight excluding hydrogens is 858 g/mol. The number of methoxy groups -OCH3 is 1. The maximum Gasteiger partial charge on any atom is 0.458 e. The normalized spacial score (nSPS) is 14.0. The Morgan fingerprint density at radius 3 is 1.81 bits per heavy atom. The monoisotopic (exact) mass is 902 g/mol. The summed E-state index contributed by atoms with van der Waals surface area (Å²) in [4.78, 5) is 29.7. The first-order valence-electron chi connectivity index (χ1n) is 18.0. The van der Waals surface area contributed by atoms with Crippen LogP contribution in [-0.2, 0) is 31.9 Å². The van der Waals surface area contributed by atoms with Crippen molar-refractivity contribution in [1.29, 1.82) is 0 Å². The third-order valence-electron chi connectivity index (χ3n) is 9.41. The van der Waals surface area contributed by atoms with Gasteiger partial charge in [-0.3, -0.25) is 14.5 Å². The van der Waals surface area contributed by atoms with E-state index in [1.54, 1.807) is 24.3 Å². The van der Waals surface area contributed by atoms with Gasteiger partial charge in [-0.25, -0.2) is 0 Å². The Morgan fingerprint density at radius 2 is 1.28 bits per heavy atom. The van der Waals surface area contributed by atoms with E-state index >= 15 is 0 Å². The summed E-state index contributed by atoms with van der Waals surface area (Å²) in [5.74, 6) is -5.98. The fourth-order valence-corrected chi connectivity index (χ4v) is 7.04. The van der Waals surface area contributed by atoms with E-state index in [4.69, 9.17) is 4.74 Å². The molecule has 0 atom stereocenters. The Hall–Kier alpha value is -3.95. The molecular formula is C41H46BrCl2F5N4O4. The lowest BCUT2D eigenvalue weighted by Gasteiger charge is -2.28. The van der Waals surface area contributed by atoms with Gasteiger partial charge in [-0.1, -0.05) is 19.1 Å². The molecule has 0 aromatic heterocycles. The van der Waals surface area contributed by atoms with Gasteiger partial charge in [0, 0.05) is 48.7 Å². The first-order valence-corrected chi connectivity index (χ1v) is 18.7. The van der Waals surface area contributed by atoms with Gasteiger partial charge in [0.15, 0.2) is 0 Å². The van der Waals surface area contributed by atoms with Gasteiger partial charge in [0.05, 0.1) is 23.8 Å². The number of benzene rings is 4. The van der Waals surface area contributed by atoms with Crippen LogP contribution in [0.5, 0.6) is 11.5 Å². The second kappa shape index (κ2) is 20.6. The van der Waals surface area contributed by atoms with E-state index in [-0.39, 0.29) is 36.3 Å². The van der Waals surface area contributed by atoms with E-state index in [1.165, 1.54) is 17.5 Å². The molecule has 2 N–H and O–H groups in total. The van der Waals surface area contributed by atoms with Gasteiger partial charge < -0.3 is 25.0 Å². The summed E-state index contributed by atoms with van der Waals surface area (Å²) in [6.07, 6.45) is -2.71. The number of alkyl halides is 5. The van der Waals surface area contributed by atoms with Crippen LogP contribution in [0.1, 0.15) is 68.8 Å². The average Bonchev–Trinajstić information content (AvgIpc) is 3.15. The van der Waals surface area contributed by atoms with E-state index in [2.05, 4.69) is 60.2 Å². The van der Waals surface area contributed by atoms with Gasteiger partial charge in [0.25, 0.3) is 11.8 Å². The molecule has 0 saturated heterocycles. The summed E-state index contributed by atoms with van der Waals surface area (Å²) in [6.45, 7) is 9.55. The van der Waals surface area contributed by atoms with Crippen molar-refractivity contribution in [2.24, 2.45) is 0 Å². The summed E-state index contributed by atoms with van der Waals surface area (Å²) < 4.78 is 77.0. The second-order valence-electron chi connectivity index (χ2n) is 13.5. The van der Waals surface area contributed by atoms with Crippen molar-refractivity contribution in [2.45, 2.75) is 58.3 Å². The number of fused-ring (bicyclic) bond motifs is 2. The standard InChI is InChI=1S/C21H25BrN2O2.C20H19F5N2O2.2ClH/c1-3-10-24-11-9-15-5-7-18(12-17(15)14-24)23-21(25)16-6-8-20(26-4-2)19(22)13-16;1-27-8-7-12-3-5-15(9-14(12)11-27)26-18(28)13-4-6-17(29-2)16(10-13)19(21,22)20(23,24)25;;/h5-8,12-13H,3-4,9-11,14H2,1-2H3,(H,23,25);3-6,9-10H,7-8,11H2,1-2H3,(H,26,28);2*1H. The van der Waals surface area contributed by atoms with E-state index in [0.29, 0.717) is 30.5 Å². The molecule has 8 nitrogen and oxygen atoms in total. The molecule has 0 spiro atoms. The van der Waals surface area contributed by atoms with Gasteiger partial charge in [-0.05, 0) is 139 Å². The highest BCUT2D eigenvalue weighted by Gasteiger charge is 2.60. The maximum atomic E-state index is 13.9. The minimum absolute atomic E-state index is 0. The second-order valence-corrected chi connectivity index (χ2v) is 14.3. The Labute approximate surface area is 350 Å². The molecule has 4 aromatic carbocycles. The fraction of sp³-hybridized carbons (Fsp3) is 0.366. The van der Waals surface area contributed by atoms with Crippen LogP contribution < -0.4 is 20.1 Å². The third-order valence-corrected chi connectivity index (χ3v) is 10.0. The highest BCUT2D eigenvalue weighted by Crippen LogP contribution is 2.47. The van der Waals surface area contributed by atoms with Crippen LogP contribution in [0.2, 0.25) is 0 Å². The lowest BCUT2D eigenvalue weighted by molar-refractivity contribution is -0.289. The van der Waals surface area contributed by atoms with Crippen LogP contribution in [-0.4, -0.2) is 68.2 Å². The van der Waals surface area contributed by atoms with Crippen molar-refractivity contribution >= 4 is 63.9 Å². The molecule has 6 rings (SSSR count). The topological polar surface area (TPSA) is 83.1 Å². The molecule has 2 heterocycles. The summed E-state index contributed by atoms with van der Waals surface area (Å²) >= 11 is 3.46. The van der Waals surface area contributed by atoms with Crippen molar-refractivity contribution < 1.29 is 41.0 Å². The van der Waals surface area contributed by atoms with Crippen molar-refractivity contribution in [3.05, 3.63) is 116 Å². The lowest BCUT2D eigenvalue weighted by Crippen LogP contribution is -2.34. The number of hydrogen-bond acceptors (Lipinski definition) is 6. The van der Waals surface area contributed by atoms with Crippen molar-refractivity contribution in [3.8, 4) is 11.5 Å². The van der Waals surface area contributed by atoms with Gasteiger partial charge in [-0.15, -0.1) is 24.8 Å². The van der Waals surface area contributed by atoms with Gasteiger partial charge in [-0.2, -0.15) is 22.0 Å². The Morgan fingerprint density at radius 1 is 0.737 bits per heavy atom.